The molecule has 0 amide bonds. The summed E-state index contributed by atoms with van der Waals surface area (Å²) in [5.74, 6) is -0.234. The Morgan fingerprint density at radius 3 is 2.57 bits per heavy atom. The first-order valence-electron chi connectivity index (χ1n) is 7.25. The van der Waals surface area contributed by atoms with E-state index in [4.69, 9.17) is 4.74 Å². The normalized spacial score (nSPS) is 21.6. The fourth-order valence-electron chi connectivity index (χ4n) is 3.38. The number of thiazole rings is 1. The van der Waals surface area contributed by atoms with Crippen LogP contribution >= 0.6 is 11.3 Å². The number of nitrogens with zero attached hydrogens (tertiary/aromatic N) is 1. The van der Waals surface area contributed by atoms with E-state index in [0.29, 0.717) is 5.19 Å². The van der Waals surface area contributed by atoms with Crippen LogP contribution in [0.5, 0.6) is 5.19 Å². The second-order valence-corrected chi connectivity index (χ2v) is 8.13. The van der Waals surface area contributed by atoms with Crippen LogP contribution in [-0.2, 0) is 0 Å². The molecule has 1 aromatic heterocycles. The van der Waals surface area contributed by atoms with Gasteiger partial charge >= 0.3 is 0 Å². The molecule has 1 aromatic carbocycles. The summed E-state index contributed by atoms with van der Waals surface area (Å²) in [7, 11) is 0. The lowest BCUT2D eigenvalue weighted by molar-refractivity contribution is 0.0559. The fraction of sp³-hybridized carbons (Fsp3) is 0.562. The van der Waals surface area contributed by atoms with Crippen LogP contribution in [0.4, 0.5) is 4.39 Å². The Morgan fingerprint density at radius 2 is 1.90 bits per heavy atom. The summed E-state index contributed by atoms with van der Waals surface area (Å²) in [5.41, 5.74) is 0.869. The van der Waals surface area contributed by atoms with Crippen molar-refractivity contribution in [3.63, 3.8) is 0 Å². The van der Waals surface area contributed by atoms with Crippen molar-refractivity contribution in [3.05, 3.63) is 24.0 Å². The van der Waals surface area contributed by atoms with Gasteiger partial charge in [0.05, 0.1) is 10.2 Å². The molecule has 5 heteroatoms. The summed E-state index contributed by atoms with van der Waals surface area (Å²) in [6.07, 6.45) is 1.99. The van der Waals surface area contributed by atoms with Gasteiger partial charge < -0.3 is 10.1 Å². The lowest BCUT2D eigenvalue weighted by atomic mass is 9.81. The molecule has 0 unspecified atom stereocenters. The maximum atomic E-state index is 13.2. The fourth-order valence-corrected chi connectivity index (χ4v) is 4.29. The van der Waals surface area contributed by atoms with Gasteiger partial charge in [-0.25, -0.2) is 9.37 Å². The molecule has 2 heterocycles. The van der Waals surface area contributed by atoms with Crippen molar-refractivity contribution < 1.29 is 9.13 Å². The summed E-state index contributed by atoms with van der Waals surface area (Å²) >= 11 is 1.41. The minimum Gasteiger partial charge on any atom is -0.467 e. The van der Waals surface area contributed by atoms with Crippen LogP contribution in [0.1, 0.15) is 40.5 Å². The standard InChI is InChI=1S/C16H21FN2OS/c1-15(2)8-11(9-16(3,4)19-15)20-14-18-12-6-5-10(17)7-13(12)21-14/h5-7,11,19H,8-9H2,1-4H3. The van der Waals surface area contributed by atoms with Crippen LogP contribution in [0, 0.1) is 5.82 Å². The van der Waals surface area contributed by atoms with E-state index in [0.717, 1.165) is 23.1 Å². The van der Waals surface area contributed by atoms with Gasteiger partial charge in [-0.05, 0) is 45.9 Å². The monoisotopic (exact) mass is 308 g/mol. The molecule has 1 fully saturated rings. The highest BCUT2D eigenvalue weighted by Crippen LogP contribution is 2.34. The number of rotatable bonds is 2. The van der Waals surface area contributed by atoms with Crippen molar-refractivity contribution in [2.75, 3.05) is 0 Å². The van der Waals surface area contributed by atoms with E-state index in [9.17, 15) is 4.39 Å². The van der Waals surface area contributed by atoms with Crippen molar-refractivity contribution in [3.8, 4) is 5.19 Å². The molecule has 2 aromatic rings. The molecule has 1 aliphatic heterocycles. The highest BCUT2D eigenvalue weighted by molar-refractivity contribution is 7.20. The van der Waals surface area contributed by atoms with Crippen molar-refractivity contribution in [2.24, 2.45) is 0 Å². The van der Waals surface area contributed by atoms with Crippen molar-refractivity contribution >= 4 is 21.6 Å². The molecule has 0 aliphatic carbocycles. The number of hydrogen-bond donors (Lipinski definition) is 1. The third-order valence-corrected chi connectivity index (χ3v) is 4.66. The first-order chi connectivity index (χ1) is 9.72. The largest absolute Gasteiger partial charge is 0.467 e. The van der Waals surface area contributed by atoms with E-state index in [1.807, 2.05) is 0 Å². The molecule has 3 rings (SSSR count). The predicted octanol–water partition coefficient (Wildman–Crippen LogP) is 4.12. The number of ether oxygens (including phenoxy) is 1. The molecule has 0 atom stereocenters. The highest BCUT2D eigenvalue weighted by Gasteiger charge is 2.39. The van der Waals surface area contributed by atoms with Crippen LogP contribution in [0.25, 0.3) is 10.2 Å². The maximum absolute atomic E-state index is 13.2. The number of fused-ring (bicyclic) bond motifs is 1. The number of nitrogens with one attached hydrogen (secondary N) is 1. The van der Waals surface area contributed by atoms with E-state index >= 15 is 0 Å². The van der Waals surface area contributed by atoms with Gasteiger partial charge in [0.1, 0.15) is 11.9 Å². The van der Waals surface area contributed by atoms with Gasteiger partial charge in [-0.3, -0.25) is 0 Å². The summed E-state index contributed by atoms with van der Waals surface area (Å²) < 4.78 is 20.2. The van der Waals surface area contributed by atoms with Gasteiger partial charge in [-0.2, -0.15) is 0 Å². The van der Waals surface area contributed by atoms with Crippen LogP contribution in [0.15, 0.2) is 18.2 Å². The van der Waals surface area contributed by atoms with E-state index in [1.165, 1.54) is 23.5 Å². The number of hydrogen-bond acceptors (Lipinski definition) is 4. The summed E-state index contributed by atoms with van der Waals surface area (Å²) in [4.78, 5) is 4.45. The molecule has 114 valence electrons. The van der Waals surface area contributed by atoms with Gasteiger partial charge in [-0.1, -0.05) is 11.3 Å². The van der Waals surface area contributed by atoms with Gasteiger partial charge in [-0.15, -0.1) is 0 Å². The lowest BCUT2D eigenvalue weighted by Crippen LogP contribution is -2.60. The molecule has 3 nitrogen and oxygen atoms in total. The van der Waals surface area contributed by atoms with E-state index < -0.39 is 0 Å². The molecular formula is C16H21FN2OS. The van der Waals surface area contributed by atoms with Crippen LogP contribution in [-0.4, -0.2) is 22.2 Å². The topological polar surface area (TPSA) is 34.1 Å². The Balaban J connectivity index is 1.81. The summed E-state index contributed by atoms with van der Waals surface area (Å²) in [6.45, 7) is 8.77. The molecule has 1 aliphatic rings. The van der Waals surface area contributed by atoms with Gasteiger partial charge in [0.25, 0.3) is 5.19 Å². The molecule has 0 saturated carbocycles. The van der Waals surface area contributed by atoms with Crippen molar-refractivity contribution in [1.82, 2.24) is 10.3 Å². The van der Waals surface area contributed by atoms with Gasteiger partial charge in [0, 0.05) is 23.9 Å². The minimum absolute atomic E-state index is 0.0369. The highest BCUT2D eigenvalue weighted by atomic mass is 32.1. The number of benzene rings is 1. The maximum Gasteiger partial charge on any atom is 0.274 e. The van der Waals surface area contributed by atoms with E-state index in [1.54, 1.807) is 6.07 Å². The molecule has 1 N–H and O–H groups in total. The first kappa shape index (κ1) is 14.7. The summed E-state index contributed by atoms with van der Waals surface area (Å²) in [5, 5.41) is 4.27. The number of aromatic nitrogens is 1. The molecule has 0 spiro atoms. The number of piperidine rings is 1. The SMILES string of the molecule is CC1(C)CC(Oc2nc3ccc(F)cc3s2)CC(C)(C)N1. The zero-order chi connectivity index (χ0) is 15.3. The lowest BCUT2D eigenvalue weighted by Gasteiger charge is -2.45. The molecule has 0 radical (unpaired) electrons. The third kappa shape index (κ3) is 3.35. The number of halogens is 1. The Labute approximate surface area is 128 Å². The van der Waals surface area contributed by atoms with Crippen molar-refractivity contribution in [2.45, 2.75) is 57.7 Å². The molecular weight excluding hydrogens is 287 g/mol. The van der Waals surface area contributed by atoms with Crippen LogP contribution in [0.3, 0.4) is 0 Å². The van der Waals surface area contributed by atoms with Crippen molar-refractivity contribution in [1.29, 1.82) is 0 Å². The predicted molar refractivity (Wildman–Crippen MR) is 84.5 cm³/mol. The smallest absolute Gasteiger partial charge is 0.274 e. The Hall–Kier alpha value is -1.20. The van der Waals surface area contributed by atoms with E-state index in [2.05, 4.69) is 38.0 Å². The van der Waals surface area contributed by atoms with E-state index in [-0.39, 0.29) is 23.0 Å². The molecule has 0 bridgehead atoms. The Morgan fingerprint density at radius 1 is 1.24 bits per heavy atom. The quantitative estimate of drug-likeness (QED) is 0.906. The average Bonchev–Trinajstić information content (AvgIpc) is 2.65. The van der Waals surface area contributed by atoms with Crippen LogP contribution in [0.2, 0.25) is 0 Å². The average molecular weight is 308 g/mol. The Kier molecular flexibility index (Phi) is 3.45. The zero-order valence-corrected chi connectivity index (χ0v) is 13.7. The molecule has 1 saturated heterocycles. The summed E-state index contributed by atoms with van der Waals surface area (Å²) in [6, 6.07) is 4.64. The van der Waals surface area contributed by atoms with Crippen LogP contribution < -0.4 is 10.1 Å². The van der Waals surface area contributed by atoms with Gasteiger partial charge in [0.2, 0.25) is 0 Å². The second kappa shape index (κ2) is 4.92. The second-order valence-electron chi connectivity index (χ2n) is 7.13. The zero-order valence-electron chi connectivity index (χ0n) is 12.9. The Bertz CT molecular complexity index is 649. The third-order valence-electron chi connectivity index (χ3n) is 3.75. The minimum atomic E-state index is -0.234. The molecule has 21 heavy (non-hydrogen) atoms. The first-order valence-corrected chi connectivity index (χ1v) is 8.06. The van der Waals surface area contributed by atoms with Gasteiger partial charge in [0.15, 0.2) is 0 Å².